The smallest absolute Gasteiger partial charge is 0.258 e. The van der Waals surface area contributed by atoms with Crippen molar-refractivity contribution < 1.29 is 0 Å². The molecular formula is C16H16N4OS. The molecule has 0 atom stereocenters. The third-order valence-corrected chi connectivity index (χ3v) is 4.85. The summed E-state index contributed by atoms with van der Waals surface area (Å²) in [6, 6.07) is 7.66. The highest BCUT2D eigenvalue weighted by molar-refractivity contribution is 7.15. The van der Waals surface area contributed by atoms with Crippen molar-refractivity contribution in [3.05, 3.63) is 57.5 Å². The summed E-state index contributed by atoms with van der Waals surface area (Å²) in [5.41, 5.74) is 10.1. The van der Waals surface area contributed by atoms with Crippen LogP contribution in [-0.2, 0) is 13.0 Å². The minimum absolute atomic E-state index is 0.0222. The van der Waals surface area contributed by atoms with Gasteiger partial charge in [0, 0.05) is 35.6 Å². The number of nitrogens with zero attached hydrogens (tertiary/aromatic N) is 3. The number of thiazole rings is 1. The number of aromatic nitrogens is 2. The van der Waals surface area contributed by atoms with Crippen molar-refractivity contribution in [3.63, 3.8) is 0 Å². The zero-order valence-corrected chi connectivity index (χ0v) is 12.8. The maximum absolute atomic E-state index is 12.1. The monoisotopic (exact) mass is 312 g/mol. The fraction of sp³-hybridized carbons (Fsp3) is 0.250. The molecule has 1 aliphatic heterocycles. The van der Waals surface area contributed by atoms with E-state index in [-0.39, 0.29) is 5.56 Å². The van der Waals surface area contributed by atoms with E-state index in [0.717, 1.165) is 35.7 Å². The maximum atomic E-state index is 12.1. The lowest BCUT2D eigenvalue weighted by Gasteiger charge is -2.31. The van der Waals surface area contributed by atoms with Gasteiger partial charge in [-0.25, -0.2) is 4.98 Å². The molecule has 0 aliphatic carbocycles. The zero-order valence-electron chi connectivity index (χ0n) is 12.0. The number of rotatable bonds is 2. The molecule has 2 N–H and O–H groups in total. The van der Waals surface area contributed by atoms with Gasteiger partial charge < -0.3 is 10.6 Å². The second-order valence-corrected chi connectivity index (χ2v) is 6.38. The number of nitrogen functional groups attached to an aromatic ring is 1. The van der Waals surface area contributed by atoms with Crippen molar-refractivity contribution in [1.82, 2.24) is 9.38 Å². The van der Waals surface area contributed by atoms with Gasteiger partial charge in [0.05, 0.1) is 12.2 Å². The molecule has 0 amide bonds. The Morgan fingerprint density at radius 3 is 3.18 bits per heavy atom. The van der Waals surface area contributed by atoms with Crippen LogP contribution in [0.2, 0.25) is 0 Å². The van der Waals surface area contributed by atoms with Crippen LogP contribution in [0, 0.1) is 0 Å². The van der Waals surface area contributed by atoms with E-state index in [2.05, 4.69) is 16.0 Å². The standard InChI is InChI=1S/C16H16N4OS/c17-13-4-1-5-14-12(13)3-2-6-19(14)10-11-9-15(21)20-7-8-22-16(20)18-11/h1,4-5,7-9H,2-3,6,10,17H2. The highest BCUT2D eigenvalue weighted by Gasteiger charge is 2.19. The first-order chi connectivity index (χ1) is 10.7. The molecule has 0 radical (unpaired) electrons. The van der Waals surface area contributed by atoms with Gasteiger partial charge in [-0.1, -0.05) is 6.07 Å². The Hall–Kier alpha value is -2.34. The second kappa shape index (κ2) is 5.14. The molecule has 0 fully saturated rings. The van der Waals surface area contributed by atoms with Crippen LogP contribution in [-0.4, -0.2) is 15.9 Å². The van der Waals surface area contributed by atoms with Crippen LogP contribution in [0.4, 0.5) is 11.4 Å². The fourth-order valence-corrected chi connectivity index (χ4v) is 3.80. The molecule has 5 nitrogen and oxygen atoms in total. The minimum Gasteiger partial charge on any atom is -0.398 e. The van der Waals surface area contributed by atoms with E-state index < -0.39 is 0 Å². The molecule has 112 valence electrons. The first-order valence-electron chi connectivity index (χ1n) is 7.30. The second-order valence-electron chi connectivity index (χ2n) is 5.51. The molecule has 3 aromatic rings. The molecule has 3 heterocycles. The molecule has 1 aromatic carbocycles. The van der Waals surface area contributed by atoms with E-state index in [4.69, 9.17) is 5.73 Å². The van der Waals surface area contributed by atoms with E-state index in [1.54, 1.807) is 16.7 Å². The van der Waals surface area contributed by atoms with Gasteiger partial charge in [-0.05, 0) is 30.5 Å². The molecular weight excluding hydrogens is 296 g/mol. The third kappa shape index (κ3) is 2.16. The summed E-state index contributed by atoms with van der Waals surface area (Å²) in [7, 11) is 0. The Kier molecular flexibility index (Phi) is 3.11. The Bertz CT molecular complexity index is 899. The predicted octanol–water partition coefficient (Wildman–Crippen LogP) is 2.29. The third-order valence-electron chi connectivity index (χ3n) is 4.09. The van der Waals surface area contributed by atoms with Crippen LogP contribution in [0.25, 0.3) is 4.96 Å². The van der Waals surface area contributed by atoms with E-state index in [9.17, 15) is 4.79 Å². The van der Waals surface area contributed by atoms with Crippen LogP contribution in [0.5, 0.6) is 0 Å². The highest BCUT2D eigenvalue weighted by atomic mass is 32.1. The molecule has 2 aromatic heterocycles. The van der Waals surface area contributed by atoms with Gasteiger partial charge >= 0.3 is 0 Å². The van der Waals surface area contributed by atoms with Crippen molar-refractivity contribution in [2.45, 2.75) is 19.4 Å². The summed E-state index contributed by atoms with van der Waals surface area (Å²) in [4.78, 5) is 19.7. The van der Waals surface area contributed by atoms with E-state index in [0.29, 0.717) is 6.54 Å². The number of hydrogen-bond donors (Lipinski definition) is 1. The lowest BCUT2D eigenvalue weighted by molar-refractivity contribution is 0.684. The fourth-order valence-electron chi connectivity index (χ4n) is 3.06. The molecule has 6 heteroatoms. The zero-order chi connectivity index (χ0) is 15.1. The molecule has 0 spiro atoms. The summed E-state index contributed by atoms with van der Waals surface area (Å²) in [5, 5.41) is 1.88. The number of benzene rings is 1. The van der Waals surface area contributed by atoms with Crippen LogP contribution in [0.3, 0.4) is 0 Å². The average molecular weight is 312 g/mol. The Labute approximate surface area is 131 Å². The summed E-state index contributed by atoms with van der Waals surface area (Å²) < 4.78 is 1.58. The van der Waals surface area contributed by atoms with E-state index in [1.807, 2.05) is 17.5 Å². The number of hydrogen-bond acceptors (Lipinski definition) is 5. The first-order valence-corrected chi connectivity index (χ1v) is 8.18. The molecule has 4 rings (SSSR count). The normalized spacial score (nSPS) is 14.3. The van der Waals surface area contributed by atoms with Gasteiger partial charge in [-0.3, -0.25) is 9.20 Å². The largest absolute Gasteiger partial charge is 0.398 e. The molecule has 1 aliphatic rings. The van der Waals surface area contributed by atoms with Gasteiger partial charge in [-0.15, -0.1) is 11.3 Å². The van der Waals surface area contributed by atoms with Crippen LogP contribution in [0.15, 0.2) is 40.6 Å². The van der Waals surface area contributed by atoms with Crippen LogP contribution in [0.1, 0.15) is 17.7 Å². The topological polar surface area (TPSA) is 63.6 Å². The van der Waals surface area contributed by atoms with Crippen LogP contribution >= 0.6 is 11.3 Å². The van der Waals surface area contributed by atoms with E-state index in [1.165, 1.54) is 22.6 Å². The molecule has 0 bridgehead atoms. The average Bonchev–Trinajstić information content (AvgIpc) is 2.97. The summed E-state index contributed by atoms with van der Waals surface area (Å²) in [5.74, 6) is 0. The molecule has 22 heavy (non-hydrogen) atoms. The van der Waals surface area contributed by atoms with Crippen molar-refractivity contribution in [2.24, 2.45) is 0 Å². The van der Waals surface area contributed by atoms with Gasteiger partial charge in [0.1, 0.15) is 0 Å². The maximum Gasteiger partial charge on any atom is 0.258 e. The van der Waals surface area contributed by atoms with Gasteiger partial charge in [-0.2, -0.15) is 0 Å². The first kappa shape index (κ1) is 13.3. The molecule has 0 saturated heterocycles. The molecule has 0 saturated carbocycles. The number of fused-ring (bicyclic) bond motifs is 2. The minimum atomic E-state index is -0.0222. The number of anilines is 2. The van der Waals surface area contributed by atoms with E-state index >= 15 is 0 Å². The SMILES string of the molecule is Nc1cccc2c1CCCN2Cc1cc(=O)n2ccsc2n1. The summed E-state index contributed by atoms with van der Waals surface area (Å²) in [6.07, 6.45) is 3.84. The van der Waals surface area contributed by atoms with Gasteiger partial charge in [0.25, 0.3) is 5.56 Å². The quantitative estimate of drug-likeness (QED) is 0.738. The Morgan fingerprint density at radius 1 is 1.36 bits per heavy atom. The lowest BCUT2D eigenvalue weighted by Crippen LogP contribution is -2.30. The van der Waals surface area contributed by atoms with Crippen molar-refractivity contribution in [3.8, 4) is 0 Å². The van der Waals surface area contributed by atoms with Crippen molar-refractivity contribution >= 4 is 27.7 Å². The van der Waals surface area contributed by atoms with Gasteiger partial charge in [0.2, 0.25) is 0 Å². The predicted molar refractivity (Wildman–Crippen MR) is 89.6 cm³/mol. The lowest BCUT2D eigenvalue weighted by atomic mass is 10.00. The van der Waals surface area contributed by atoms with Crippen molar-refractivity contribution in [1.29, 1.82) is 0 Å². The number of nitrogens with two attached hydrogens (primary N) is 1. The highest BCUT2D eigenvalue weighted by Crippen LogP contribution is 2.31. The Morgan fingerprint density at radius 2 is 2.27 bits per heavy atom. The van der Waals surface area contributed by atoms with Gasteiger partial charge in [0.15, 0.2) is 4.96 Å². The summed E-state index contributed by atoms with van der Waals surface area (Å²) >= 11 is 1.48. The molecule has 0 unspecified atom stereocenters. The summed E-state index contributed by atoms with van der Waals surface area (Å²) in [6.45, 7) is 1.60. The van der Waals surface area contributed by atoms with Crippen LogP contribution < -0.4 is 16.2 Å². The van der Waals surface area contributed by atoms with Crippen molar-refractivity contribution in [2.75, 3.05) is 17.2 Å². The Balaban J connectivity index is 1.72.